The predicted molar refractivity (Wildman–Crippen MR) is 113 cm³/mol. The van der Waals surface area contributed by atoms with Gasteiger partial charge in [-0.3, -0.25) is 19.3 Å². The maximum Gasteiger partial charge on any atom is 0.294 e. The molecular formula is C21H22N2O5S. The predicted octanol–water partition coefficient (Wildman–Crippen LogP) is 3.04. The van der Waals surface area contributed by atoms with Gasteiger partial charge in [0.2, 0.25) is 5.91 Å². The fraction of sp³-hybridized carbons (Fsp3) is 0.286. The van der Waals surface area contributed by atoms with Gasteiger partial charge < -0.3 is 14.8 Å². The summed E-state index contributed by atoms with van der Waals surface area (Å²) in [6, 6.07) is 11.6. The van der Waals surface area contributed by atoms with E-state index >= 15 is 0 Å². The number of carbonyl (C=O) groups is 3. The third-order valence-electron chi connectivity index (χ3n) is 4.31. The Morgan fingerprint density at radius 1 is 1.21 bits per heavy atom. The Morgan fingerprint density at radius 2 is 2.00 bits per heavy atom. The highest BCUT2D eigenvalue weighted by Crippen LogP contribution is 2.36. The number of hydrogen-bond acceptors (Lipinski definition) is 6. The lowest BCUT2D eigenvalue weighted by molar-refractivity contribution is -0.129. The zero-order chi connectivity index (χ0) is 20.8. The van der Waals surface area contributed by atoms with Crippen molar-refractivity contribution in [1.82, 2.24) is 10.2 Å². The molecule has 1 saturated heterocycles. The first kappa shape index (κ1) is 20.9. The average molecular weight is 414 g/mol. The van der Waals surface area contributed by atoms with E-state index in [4.69, 9.17) is 9.47 Å². The van der Waals surface area contributed by atoms with Gasteiger partial charge in [0, 0.05) is 19.2 Å². The molecule has 1 aliphatic heterocycles. The zero-order valence-corrected chi connectivity index (χ0v) is 17.1. The fourth-order valence-electron chi connectivity index (χ4n) is 2.97. The van der Waals surface area contributed by atoms with Crippen molar-refractivity contribution >= 4 is 45.7 Å². The molecule has 2 aromatic rings. The van der Waals surface area contributed by atoms with Crippen molar-refractivity contribution in [1.29, 1.82) is 0 Å². The molecule has 152 valence electrons. The summed E-state index contributed by atoms with van der Waals surface area (Å²) in [5.41, 5.74) is 0.736. The van der Waals surface area contributed by atoms with Crippen LogP contribution in [0.4, 0.5) is 4.79 Å². The van der Waals surface area contributed by atoms with E-state index in [9.17, 15) is 14.4 Å². The number of methoxy groups -OCH3 is 1. The molecule has 0 spiro atoms. The van der Waals surface area contributed by atoms with Gasteiger partial charge in [0.25, 0.3) is 11.1 Å². The molecular weight excluding hydrogens is 392 g/mol. The monoisotopic (exact) mass is 414 g/mol. The third kappa shape index (κ3) is 4.78. The van der Waals surface area contributed by atoms with E-state index in [1.165, 1.54) is 7.11 Å². The molecule has 1 aliphatic rings. The summed E-state index contributed by atoms with van der Waals surface area (Å²) in [7, 11) is 1.52. The highest BCUT2D eigenvalue weighted by atomic mass is 32.2. The Bertz CT molecular complexity index is 973. The van der Waals surface area contributed by atoms with Crippen molar-refractivity contribution in [3.63, 3.8) is 0 Å². The molecule has 7 nitrogen and oxygen atoms in total. The van der Waals surface area contributed by atoms with Gasteiger partial charge in [-0.15, -0.1) is 0 Å². The standard InChI is InChI=1S/C21H22N2O5S/c1-3-28-17-9-8-14-6-4-5-7-15(14)16(17)12-18-20(25)23(21(26)29-18)13-19(24)22-10-11-27-2/h4-9,12H,3,10-11,13H2,1-2H3,(H,22,24)/b18-12-. The van der Waals surface area contributed by atoms with Crippen LogP contribution in [0.5, 0.6) is 5.75 Å². The van der Waals surface area contributed by atoms with Crippen molar-refractivity contribution in [3.05, 3.63) is 46.9 Å². The van der Waals surface area contributed by atoms with Gasteiger partial charge in [-0.25, -0.2) is 0 Å². The highest BCUT2D eigenvalue weighted by Gasteiger charge is 2.36. The normalized spacial score (nSPS) is 15.4. The second-order valence-corrected chi connectivity index (χ2v) is 7.24. The van der Waals surface area contributed by atoms with Crippen LogP contribution < -0.4 is 10.1 Å². The highest BCUT2D eigenvalue weighted by molar-refractivity contribution is 8.18. The molecule has 3 rings (SSSR count). The molecule has 2 aromatic carbocycles. The first-order valence-corrected chi connectivity index (χ1v) is 10.0. The van der Waals surface area contributed by atoms with Gasteiger partial charge >= 0.3 is 0 Å². The first-order chi connectivity index (χ1) is 14.0. The Kier molecular flexibility index (Phi) is 6.90. The third-order valence-corrected chi connectivity index (χ3v) is 5.22. The van der Waals surface area contributed by atoms with Crippen molar-refractivity contribution in [2.45, 2.75) is 6.92 Å². The number of thioether (sulfide) groups is 1. The van der Waals surface area contributed by atoms with Crippen LogP contribution >= 0.6 is 11.8 Å². The summed E-state index contributed by atoms with van der Waals surface area (Å²) >= 11 is 0.821. The smallest absolute Gasteiger partial charge is 0.294 e. The summed E-state index contributed by atoms with van der Waals surface area (Å²) in [6.45, 7) is 2.71. The quantitative estimate of drug-likeness (QED) is 0.528. The molecule has 1 fully saturated rings. The van der Waals surface area contributed by atoms with Crippen LogP contribution in [0.25, 0.3) is 16.8 Å². The van der Waals surface area contributed by atoms with Crippen LogP contribution in [0, 0.1) is 0 Å². The Balaban J connectivity index is 1.88. The van der Waals surface area contributed by atoms with Gasteiger partial charge in [0.15, 0.2) is 0 Å². The van der Waals surface area contributed by atoms with Crippen LogP contribution in [-0.4, -0.2) is 55.4 Å². The number of nitrogens with zero attached hydrogens (tertiary/aromatic N) is 1. The number of hydrogen-bond donors (Lipinski definition) is 1. The molecule has 0 atom stereocenters. The molecule has 0 radical (unpaired) electrons. The lowest BCUT2D eigenvalue weighted by Crippen LogP contribution is -2.40. The van der Waals surface area contributed by atoms with Gasteiger partial charge in [-0.1, -0.05) is 30.3 Å². The molecule has 0 bridgehead atoms. The Labute approximate surface area is 173 Å². The number of amides is 3. The summed E-state index contributed by atoms with van der Waals surface area (Å²) in [5.74, 6) is -0.265. The van der Waals surface area contributed by atoms with Gasteiger partial charge in [-0.05, 0) is 41.6 Å². The van der Waals surface area contributed by atoms with Crippen molar-refractivity contribution < 1.29 is 23.9 Å². The lowest BCUT2D eigenvalue weighted by Gasteiger charge is -2.13. The van der Waals surface area contributed by atoms with E-state index < -0.39 is 17.1 Å². The fourth-order valence-corrected chi connectivity index (χ4v) is 3.79. The summed E-state index contributed by atoms with van der Waals surface area (Å²) in [6.07, 6.45) is 1.67. The van der Waals surface area contributed by atoms with E-state index in [1.54, 1.807) is 6.08 Å². The minimum atomic E-state index is -0.489. The maximum atomic E-state index is 12.8. The van der Waals surface area contributed by atoms with E-state index in [2.05, 4.69) is 5.32 Å². The molecule has 1 heterocycles. The zero-order valence-electron chi connectivity index (χ0n) is 16.3. The number of ether oxygens (including phenoxy) is 2. The second kappa shape index (κ2) is 9.58. The van der Waals surface area contributed by atoms with E-state index in [0.29, 0.717) is 25.5 Å². The van der Waals surface area contributed by atoms with Crippen LogP contribution in [-0.2, 0) is 14.3 Å². The molecule has 0 saturated carbocycles. The molecule has 0 unspecified atom stereocenters. The average Bonchev–Trinajstić information content (AvgIpc) is 2.97. The first-order valence-electron chi connectivity index (χ1n) is 9.20. The number of nitrogens with one attached hydrogen (secondary N) is 1. The minimum Gasteiger partial charge on any atom is -0.493 e. The molecule has 0 aliphatic carbocycles. The SMILES string of the molecule is CCOc1ccc2ccccc2c1/C=C1\SC(=O)N(CC(=O)NCCOC)C1=O. The van der Waals surface area contributed by atoms with E-state index in [1.807, 2.05) is 43.3 Å². The van der Waals surface area contributed by atoms with E-state index in [-0.39, 0.29) is 11.4 Å². The van der Waals surface area contributed by atoms with Crippen LogP contribution in [0.2, 0.25) is 0 Å². The number of benzene rings is 2. The van der Waals surface area contributed by atoms with Gasteiger partial charge in [0.1, 0.15) is 12.3 Å². The summed E-state index contributed by atoms with van der Waals surface area (Å²) in [4.78, 5) is 38.3. The Hall–Kier alpha value is -2.84. The lowest BCUT2D eigenvalue weighted by atomic mass is 10.0. The molecule has 29 heavy (non-hydrogen) atoms. The molecule has 3 amide bonds. The molecule has 8 heteroatoms. The largest absolute Gasteiger partial charge is 0.493 e. The van der Waals surface area contributed by atoms with Crippen LogP contribution in [0.1, 0.15) is 12.5 Å². The van der Waals surface area contributed by atoms with Crippen LogP contribution in [0.15, 0.2) is 41.3 Å². The van der Waals surface area contributed by atoms with Crippen molar-refractivity contribution in [2.24, 2.45) is 0 Å². The number of imide groups is 1. The molecule has 0 aromatic heterocycles. The maximum absolute atomic E-state index is 12.8. The van der Waals surface area contributed by atoms with Crippen molar-refractivity contribution in [3.8, 4) is 5.75 Å². The van der Waals surface area contributed by atoms with E-state index in [0.717, 1.165) is 33.0 Å². The Morgan fingerprint density at radius 3 is 2.76 bits per heavy atom. The topological polar surface area (TPSA) is 84.9 Å². The molecule has 1 N–H and O–H groups in total. The van der Waals surface area contributed by atoms with Crippen molar-refractivity contribution in [2.75, 3.05) is 33.4 Å². The second-order valence-electron chi connectivity index (χ2n) is 6.24. The van der Waals surface area contributed by atoms with Gasteiger partial charge in [0.05, 0.1) is 18.1 Å². The van der Waals surface area contributed by atoms with Crippen LogP contribution in [0.3, 0.4) is 0 Å². The number of rotatable bonds is 8. The van der Waals surface area contributed by atoms with Gasteiger partial charge in [-0.2, -0.15) is 0 Å². The number of carbonyl (C=O) groups excluding carboxylic acids is 3. The summed E-state index contributed by atoms with van der Waals surface area (Å²) in [5, 5.41) is 4.05. The number of fused-ring (bicyclic) bond motifs is 1. The minimum absolute atomic E-state index is 0.261. The summed E-state index contributed by atoms with van der Waals surface area (Å²) < 4.78 is 10.6.